The lowest BCUT2D eigenvalue weighted by Crippen LogP contribution is -2.57. The Morgan fingerprint density at radius 2 is 1.11 bits per heavy atom. The third-order valence-corrected chi connectivity index (χ3v) is 17.3. The number of amides is 2. The lowest BCUT2D eigenvalue weighted by molar-refractivity contribution is 0.0286. The third kappa shape index (κ3) is 16.3. The molecular weight excluding hydrogens is 978 g/mol. The molecule has 2 aliphatic rings. The molecule has 0 radical (unpaired) electrons. The van der Waals surface area contributed by atoms with E-state index < -0.39 is 16.1 Å². The number of hydrogen-bond acceptors (Lipinski definition) is 8. The van der Waals surface area contributed by atoms with Crippen molar-refractivity contribution in [2.45, 2.75) is 137 Å². The van der Waals surface area contributed by atoms with Crippen LogP contribution in [0.15, 0.2) is 85.2 Å². The van der Waals surface area contributed by atoms with Crippen molar-refractivity contribution >= 4 is 61.6 Å². The van der Waals surface area contributed by atoms with Crippen molar-refractivity contribution < 1.29 is 27.8 Å². The second-order valence-corrected chi connectivity index (χ2v) is 33.9. The van der Waals surface area contributed by atoms with Gasteiger partial charge in [-0.15, -0.1) is 0 Å². The van der Waals surface area contributed by atoms with Gasteiger partial charge in [-0.05, 0) is 113 Å². The minimum atomic E-state index is -1.12. The average molecular weight is 1060 g/mol. The van der Waals surface area contributed by atoms with Crippen LogP contribution in [-0.2, 0) is 29.3 Å². The van der Waals surface area contributed by atoms with Crippen molar-refractivity contribution in [1.29, 1.82) is 0 Å². The van der Waals surface area contributed by atoms with Gasteiger partial charge in [0.15, 0.2) is 0 Å². The molecule has 0 saturated carbocycles. The molecule has 2 fully saturated rings. The van der Waals surface area contributed by atoms with Gasteiger partial charge in [0.2, 0.25) is 0 Å². The normalized spacial score (nSPS) is 18.9. The van der Waals surface area contributed by atoms with Gasteiger partial charge in [0, 0.05) is 116 Å². The van der Waals surface area contributed by atoms with Gasteiger partial charge < -0.3 is 28.8 Å². The molecule has 2 amide bonds. The van der Waals surface area contributed by atoms with Gasteiger partial charge in [-0.3, -0.25) is 19.4 Å². The molecule has 6 aromatic rings. The second kappa shape index (κ2) is 25.6. The van der Waals surface area contributed by atoms with Crippen LogP contribution in [-0.4, -0.2) is 137 Å². The van der Waals surface area contributed by atoms with E-state index in [0.717, 1.165) is 90.0 Å². The van der Waals surface area contributed by atoms with Crippen molar-refractivity contribution in [1.82, 2.24) is 39.1 Å². The SMILES string of the molecule is C[Si](C)(C)CCOCCl.Cc1nc2[nH]ccc2cc1C(=O)N1C[C@H](C)N(Cc2ccc(F)cc2)C[C@H]1C.Cc1nc2c(ccn2COCC[Si](C)(C)C)cc1C(=O)N1C[C@H](C)N(Cc2ccc(F)cc2)C[C@H]1C. The Balaban J connectivity index is 0.000000208. The van der Waals surface area contributed by atoms with Crippen LogP contribution in [0.5, 0.6) is 0 Å². The molecule has 6 heterocycles. The summed E-state index contributed by atoms with van der Waals surface area (Å²) in [6, 6.07) is 24.4. The molecule has 1 N–H and O–H groups in total. The number of piperazine rings is 2. The van der Waals surface area contributed by atoms with Crippen LogP contribution in [0.4, 0.5) is 8.78 Å². The van der Waals surface area contributed by atoms with Gasteiger partial charge >= 0.3 is 0 Å². The maximum absolute atomic E-state index is 13.6. The number of fused-ring (bicyclic) bond motifs is 2. The fourth-order valence-corrected chi connectivity index (χ4v) is 10.8. The summed E-state index contributed by atoms with van der Waals surface area (Å²) in [4.78, 5) is 47.9. The van der Waals surface area contributed by atoms with Gasteiger partial charge in [0.1, 0.15) is 35.7 Å². The van der Waals surface area contributed by atoms with E-state index in [1.54, 1.807) is 0 Å². The van der Waals surface area contributed by atoms with Crippen LogP contribution in [0.3, 0.4) is 0 Å². The molecule has 2 aliphatic heterocycles. The summed E-state index contributed by atoms with van der Waals surface area (Å²) in [5.74, 6) is -0.374. The summed E-state index contributed by atoms with van der Waals surface area (Å²) in [7, 11) is -2.00. The number of pyridine rings is 2. The fraction of sp³-hybridized carbons (Fsp3) is 0.500. The zero-order chi connectivity index (χ0) is 53.2. The van der Waals surface area contributed by atoms with Crippen molar-refractivity contribution in [2.24, 2.45) is 0 Å². The first-order valence-corrected chi connectivity index (χ1v) is 33.7. The van der Waals surface area contributed by atoms with E-state index in [0.29, 0.717) is 37.0 Å². The minimum Gasteiger partial charge on any atom is -0.366 e. The summed E-state index contributed by atoms with van der Waals surface area (Å²) < 4.78 is 39.4. The summed E-state index contributed by atoms with van der Waals surface area (Å²) in [6.07, 6.45) is 3.82. The molecule has 8 rings (SSSR count). The number of ether oxygens (including phenoxy) is 2. The Morgan fingerprint density at radius 3 is 1.59 bits per heavy atom. The van der Waals surface area contributed by atoms with Crippen LogP contribution in [0.25, 0.3) is 22.1 Å². The molecule has 2 saturated heterocycles. The molecule has 0 spiro atoms. The number of carbonyl (C=O) groups is 2. The van der Waals surface area contributed by atoms with Crippen molar-refractivity contribution in [3.8, 4) is 0 Å². The van der Waals surface area contributed by atoms with Crippen molar-refractivity contribution in [3.63, 3.8) is 0 Å². The lowest BCUT2D eigenvalue weighted by atomic mass is 10.0. The number of benzene rings is 2. The predicted octanol–water partition coefficient (Wildman–Crippen LogP) is 11.8. The first kappa shape index (κ1) is 57.5. The third-order valence-electron chi connectivity index (χ3n) is 13.8. The molecule has 4 atom stereocenters. The van der Waals surface area contributed by atoms with Crippen LogP contribution in [0.1, 0.15) is 70.9 Å². The average Bonchev–Trinajstić information content (AvgIpc) is 3.96. The fourth-order valence-electron chi connectivity index (χ4n) is 9.15. The zero-order valence-corrected chi connectivity index (χ0v) is 48.0. The van der Waals surface area contributed by atoms with E-state index >= 15 is 0 Å². The van der Waals surface area contributed by atoms with Gasteiger partial charge in [-0.1, -0.05) is 75.1 Å². The van der Waals surface area contributed by atoms with E-state index in [1.807, 2.05) is 89.1 Å². The van der Waals surface area contributed by atoms with Crippen LogP contribution < -0.4 is 0 Å². The summed E-state index contributed by atoms with van der Waals surface area (Å²) in [5.41, 5.74) is 6.62. The molecular formula is C56H79ClF2N8O4Si2. The van der Waals surface area contributed by atoms with E-state index in [1.165, 1.54) is 30.3 Å². The van der Waals surface area contributed by atoms with E-state index in [2.05, 4.69) is 86.7 Å². The number of alkyl halides is 1. The lowest BCUT2D eigenvalue weighted by Gasteiger charge is -2.44. The van der Waals surface area contributed by atoms with Gasteiger partial charge in [0.05, 0.1) is 22.5 Å². The van der Waals surface area contributed by atoms with Crippen molar-refractivity contribution in [2.75, 3.05) is 45.5 Å². The topological polar surface area (TPSA) is 112 Å². The van der Waals surface area contributed by atoms with Crippen LogP contribution >= 0.6 is 11.6 Å². The standard InChI is InChI=1S/C28H39FN4O2Si.C22H25FN4O.C6H15ClOSi/c1-20-17-33(21(2)16-32(20)18-23-7-9-25(29)10-8-23)28(34)26-15-24-11-12-31(27(24)30-22(26)3)19-35-13-14-36(4,5)6;1-14-12-27(15(2)11-26(14)13-17-4-6-19(23)7-5-17)22(28)20-10-18-8-9-24-21(18)25-16(20)3;1-9(2,3)5-4-8-6-7/h7-12,15,20-21H,13-14,16-19H2,1-6H3;4-10,14-15H,11-13H2,1-3H3,(H,24,25);4-6H2,1-3H3/t20-,21+;14-,15+;/m00./s1. The largest absolute Gasteiger partial charge is 0.366 e. The number of aromatic nitrogens is 4. The van der Waals surface area contributed by atoms with Gasteiger partial charge in [0.25, 0.3) is 11.8 Å². The Bertz CT molecular complexity index is 2740. The summed E-state index contributed by atoms with van der Waals surface area (Å²) in [5, 5.41) is 1.90. The molecule has 0 bridgehead atoms. The van der Waals surface area contributed by atoms with Crippen LogP contribution in [0.2, 0.25) is 51.4 Å². The Labute approximate surface area is 439 Å². The predicted molar refractivity (Wildman–Crippen MR) is 298 cm³/mol. The van der Waals surface area contributed by atoms with Gasteiger partial charge in [-0.25, -0.2) is 18.7 Å². The quantitative estimate of drug-likeness (QED) is 0.0615. The first-order valence-electron chi connectivity index (χ1n) is 25.7. The number of nitrogens with zero attached hydrogens (tertiary/aromatic N) is 7. The number of carbonyl (C=O) groups excluding carboxylic acids is 2. The Morgan fingerprint density at radius 1 is 0.644 bits per heavy atom. The molecule has 12 nitrogen and oxygen atoms in total. The monoisotopic (exact) mass is 1060 g/mol. The number of H-pyrrole nitrogens is 1. The van der Waals surface area contributed by atoms with Gasteiger partial charge in [-0.2, -0.15) is 0 Å². The van der Waals surface area contributed by atoms with Crippen LogP contribution in [0, 0.1) is 25.5 Å². The smallest absolute Gasteiger partial charge is 0.256 e. The summed E-state index contributed by atoms with van der Waals surface area (Å²) in [6.45, 7) is 32.7. The number of aryl methyl sites for hydroxylation is 2. The molecule has 73 heavy (non-hydrogen) atoms. The number of aromatic amines is 1. The zero-order valence-electron chi connectivity index (χ0n) is 45.3. The number of halogens is 3. The first-order chi connectivity index (χ1) is 34.5. The minimum absolute atomic E-state index is 0.0295. The van der Waals surface area contributed by atoms with E-state index in [4.69, 9.17) is 26.1 Å². The molecule has 396 valence electrons. The Hall–Kier alpha value is -4.82. The maximum Gasteiger partial charge on any atom is 0.256 e. The number of hydrogen-bond donors (Lipinski definition) is 1. The van der Waals surface area contributed by atoms with E-state index in [9.17, 15) is 18.4 Å². The molecule has 0 unspecified atom stereocenters. The highest BCUT2D eigenvalue weighted by Gasteiger charge is 2.35. The van der Waals surface area contributed by atoms with E-state index in [-0.39, 0.29) is 47.6 Å². The number of nitrogens with one attached hydrogen (secondary N) is 1. The number of rotatable bonds is 15. The highest BCUT2D eigenvalue weighted by atomic mass is 35.5. The molecule has 17 heteroatoms. The highest BCUT2D eigenvalue weighted by molar-refractivity contribution is 6.76. The highest BCUT2D eigenvalue weighted by Crippen LogP contribution is 2.26. The Kier molecular flexibility index (Phi) is 20.2. The maximum atomic E-state index is 13.6. The molecule has 2 aromatic carbocycles. The molecule has 0 aliphatic carbocycles. The van der Waals surface area contributed by atoms with Crippen molar-refractivity contribution in [3.05, 3.63) is 130 Å². The summed E-state index contributed by atoms with van der Waals surface area (Å²) >= 11 is 5.32. The second-order valence-electron chi connectivity index (χ2n) is 22.5. The molecule has 4 aromatic heterocycles.